The number of carbonyl (C=O) groups is 1. The molecular formula is C11H11ClN4OS. The van der Waals surface area contributed by atoms with Crippen molar-refractivity contribution < 1.29 is 4.79 Å². The Bertz CT molecular complexity index is 544. The smallest absolute Gasteiger partial charge is 0.234 e. The number of hydrogen-bond donors (Lipinski definition) is 2. The number of H-pyrrole nitrogens is 1. The molecule has 2 N–H and O–H groups in total. The topological polar surface area (TPSA) is 70.7 Å². The first-order valence-corrected chi connectivity index (χ1v) is 6.55. The minimum absolute atomic E-state index is 0.0955. The summed E-state index contributed by atoms with van der Waals surface area (Å²) in [5, 5.41) is 10.5. The molecule has 5 nitrogen and oxygen atoms in total. The van der Waals surface area contributed by atoms with Gasteiger partial charge in [0.2, 0.25) is 5.91 Å². The normalized spacial score (nSPS) is 10.3. The third kappa shape index (κ3) is 3.48. The van der Waals surface area contributed by atoms with Crippen molar-refractivity contribution in [2.24, 2.45) is 0 Å². The number of anilines is 1. The third-order valence-corrected chi connectivity index (χ3v) is 3.31. The van der Waals surface area contributed by atoms with E-state index < -0.39 is 0 Å². The van der Waals surface area contributed by atoms with E-state index in [2.05, 4.69) is 20.5 Å². The van der Waals surface area contributed by atoms with E-state index in [-0.39, 0.29) is 11.7 Å². The Labute approximate surface area is 113 Å². The average molecular weight is 283 g/mol. The fourth-order valence-electron chi connectivity index (χ4n) is 1.35. The number of thioether (sulfide) groups is 1. The summed E-state index contributed by atoms with van der Waals surface area (Å²) in [4.78, 5) is 15.6. The lowest BCUT2D eigenvalue weighted by molar-refractivity contribution is -0.113. The van der Waals surface area contributed by atoms with E-state index in [1.54, 1.807) is 18.2 Å². The van der Waals surface area contributed by atoms with E-state index in [4.69, 9.17) is 11.6 Å². The first kappa shape index (κ1) is 12.9. The molecule has 0 spiro atoms. The molecule has 0 bridgehead atoms. The van der Waals surface area contributed by atoms with E-state index >= 15 is 0 Å². The second-order valence-electron chi connectivity index (χ2n) is 3.59. The van der Waals surface area contributed by atoms with Crippen LogP contribution in [0.2, 0.25) is 5.02 Å². The second kappa shape index (κ2) is 5.88. The summed E-state index contributed by atoms with van der Waals surface area (Å²) >= 11 is 7.14. The molecule has 0 aliphatic rings. The van der Waals surface area contributed by atoms with Crippen LogP contribution in [0.1, 0.15) is 5.56 Å². The van der Waals surface area contributed by atoms with Crippen molar-refractivity contribution in [3.8, 4) is 0 Å². The van der Waals surface area contributed by atoms with Crippen molar-refractivity contribution in [1.29, 1.82) is 0 Å². The first-order valence-electron chi connectivity index (χ1n) is 5.19. The van der Waals surface area contributed by atoms with Crippen LogP contribution in [0.15, 0.2) is 29.7 Å². The van der Waals surface area contributed by atoms with Gasteiger partial charge in [-0.1, -0.05) is 23.4 Å². The Kier molecular flexibility index (Phi) is 4.22. The summed E-state index contributed by atoms with van der Waals surface area (Å²) in [5.41, 5.74) is 1.70. The van der Waals surface area contributed by atoms with Crippen LogP contribution in [-0.4, -0.2) is 26.8 Å². The Morgan fingerprint density at radius 3 is 3.06 bits per heavy atom. The Hall–Kier alpha value is -1.53. The molecule has 0 fully saturated rings. The maximum absolute atomic E-state index is 11.7. The largest absolute Gasteiger partial charge is 0.325 e. The number of amides is 1. The monoisotopic (exact) mass is 282 g/mol. The van der Waals surface area contributed by atoms with Crippen LogP contribution in [0, 0.1) is 6.92 Å². The van der Waals surface area contributed by atoms with Crippen molar-refractivity contribution >= 4 is 35.0 Å². The highest BCUT2D eigenvalue weighted by Gasteiger charge is 2.07. The maximum Gasteiger partial charge on any atom is 0.234 e. The van der Waals surface area contributed by atoms with E-state index in [9.17, 15) is 4.79 Å². The van der Waals surface area contributed by atoms with Gasteiger partial charge in [-0.2, -0.15) is 5.10 Å². The molecule has 0 unspecified atom stereocenters. The average Bonchev–Trinajstić information content (AvgIpc) is 2.83. The molecule has 7 heteroatoms. The molecule has 1 aromatic carbocycles. The van der Waals surface area contributed by atoms with Gasteiger partial charge in [-0.25, -0.2) is 4.98 Å². The van der Waals surface area contributed by atoms with Crippen LogP contribution in [0.5, 0.6) is 0 Å². The third-order valence-electron chi connectivity index (χ3n) is 2.20. The molecular weight excluding hydrogens is 272 g/mol. The number of halogens is 1. The number of nitrogens with zero attached hydrogens (tertiary/aromatic N) is 2. The zero-order chi connectivity index (χ0) is 13.0. The Morgan fingerprint density at radius 1 is 1.56 bits per heavy atom. The number of aromatic nitrogens is 3. The quantitative estimate of drug-likeness (QED) is 0.845. The SMILES string of the molecule is Cc1cc(Cl)ccc1NC(=O)CSc1ncn[nH]1. The van der Waals surface area contributed by atoms with Gasteiger partial charge in [-0.05, 0) is 30.7 Å². The number of benzene rings is 1. The standard InChI is InChI=1S/C11H11ClN4OS/c1-7-4-8(12)2-3-9(7)15-10(17)5-18-11-13-6-14-16-11/h2-4,6H,5H2,1H3,(H,15,17)(H,13,14,16). The van der Waals surface area contributed by atoms with Gasteiger partial charge in [-0.3, -0.25) is 9.89 Å². The van der Waals surface area contributed by atoms with Crippen molar-refractivity contribution in [2.75, 3.05) is 11.1 Å². The number of aryl methyl sites for hydroxylation is 1. The van der Waals surface area contributed by atoms with Crippen molar-refractivity contribution in [2.45, 2.75) is 12.1 Å². The molecule has 2 aromatic rings. The summed E-state index contributed by atoms with van der Waals surface area (Å²) < 4.78 is 0. The molecule has 0 atom stereocenters. The summed E-state index contributed by atoms with van der Waals surface area (Å²) in [7, 11) is 0. The van der Waals surface area contributed by atoms with Gasteiger partial charge in [0.15, 0.2) is 5.16 Å². The lowest BCUT2D eigenvalue weighted by Gasteiger charge is -2.07. The summed E-state index contributed by atoms with van der Waals surface area (Å²) in [6.07, 6.45) is 1.41. The number of carbonyl (C=O) groups excluding carboxylic acids is 1. The molecule has 1 aromatic heterocycles. The molecule has 2 rings (SSSR count). The van der Waals surface area contributed by atoms with Gasteiger partial charge in [0.05, 0.1) is 5.75 Å². The van der Waals surface area contributed by atoms with Gasteiger partial charge in [0.1, 0.15) is 6.33 Å². The number of aromatic amines is 1. The van der Waals surface area contributed by atoms with Gasteiger partial charge >= 0.3 is 0 Å². The number of rotatable bonds is 4. The first-order chi connectivity index (χ1) is 8.65. The fraction of sp³-hybridized carbons (Fsp3) is 0.182. The molecule has 0 aliphatic heterocycles. The highest BCUT2D eigenvalue weighted by atomic mass is 35.5. The van der Waals surface area contributed by atoms with Gasteiger partial charge in [-0.15, -0.1) is 0 Å². The molecule has 1 heterocycles. The molecule has 0 saturated heterocycles. The lowest BCUT2D eigenvalue weighted by atomic mass is 10.2. The van der Waals surface area contributed by atoms with E-state index in [1.807, 2.05) is 6.92 Å². The molecule has 18 heavy (non-hydrogen) atoms. The van der Waals surface area contributed by atoms with Crippen LogP contribution in [-0.2, 0) is 4.79 Å². The van der Waals surface area contributed by atoms with E-state index in [0.717, 1.165) is 11.3 Å². The van der Waals surface area contributed by atoms with Crippen LogP contribution < -0.4 is 5.32 Å². The number of hydrogen-bond acceptors (Lipinski definition) is 4. The van der Waals surface area contributed by atoms with Crippen LogP contribution in [0.4, 0.5) is 5.69 Å². The Morgan fingerprint density at radius 2 is 2.39 bits per heavy atom. The summed E-state index contributed by atoms with van der Waals surface area (Å²) in [6.45, 7) is 1.89. The van der Waals surface area contributed by atoms with Crippen molar-refractivity contribution in [3.05, 3.63) is 35.1 Å². The predicted octanol–water partition coefficient (Wildman–Crippen LogP) is 2.50. The van der Waals surface area contributed by atoms with E-state index in [1.165, 1.54) is 18.1 Å². The van der Waals surface area contributed by atoms with Crippen LogP contribution >= 0.6 is 23.4 Å². The molecule has 1 amide bonds. The predicted molar refractivity (Wildman–Crippen MR) is 71.9 cm³/mol. The molecule has 0 radical (unpaired) electrons. The zero-order valence-electron chi connectivity index (χ0n) is 9.61. The van der Waals surface area contributed by atoms with Gasteiger partial charge in [0, 0.05) is 10.7 Å². The van der Waals surface area contributed by atoms with Gasteiger partial charge < -0.3 is 5.32 Å². The van der Waals surface area contributed by atoms with E-state index in [0.29, 0.717) is 10.2 Å². The highest BCUT2D eigenvalue weighted by Crippen LogP contribution is 2.20. The highest BCUT2D eigenvalue weighted by molar-refractivity contribution is 7.99. The Balaban J connectivity index is 1.91. The van der Waals surface area contributed by atoms with Gasteiger partial charge in [0.25, 0.3) is 0 Å². The summed E-state index contributed by atoms with van der Waals surface area (Å²) in [6, 6.07) is 5.34. The number of nitrogens with one attached hydrogen (secondary N) is 2. The maximum atomic E-state index is 11.7. The van der Waals surface area contributed by atoms with Crippen molar-refractivity contribution in [3.63, 3.8) is 0 Å². The fourth-order valence-corrected chi connectivity index (χ4v) is 2.16. The second-order valence-corrected chi connectivity index (χ2v) is 4.99. The minimum atomic E-state index is -0.0955. The van der Waals surface area contributed by atoms with Crippen LogP contribution in [0.25, 0.3) is 0 Å². The van der Waals surface area contributed by atoms with Crippen molar-refractivity contribution in [1.82, 2.24) is 15.2 Å². The summed E-state index contributed by atoms with van der Waals surface area (Å²) in [5.74, 6) is 0.180. The molecule has 0 aliphatic carbocycles. The van der Waals surface area contributed by atoms with Crippen LogP contribution in [0.3, 0.4) is 0 Å². The molecule has 0 saturated carbocycles. The zero-order valence-corrected chi connectivity index (χ0v) is 11.2. The minimum Gasteiger partial charge on any atom is -0.325 e. The lowest BCUT2D eigenvalue weighted by Crippen LogP contribution is -2.14. The molecule has 94 valence electrons.